The molecule has 0 radical (unpaired) electrons. The van der Waals surface area contributed by atoms with Crippen LogP contribution in [0.4, 0.5) is 15.3 Å². The molecule has 1 fully saturated rings. The van der Waals surface area contributed by atoms with Crippen molar-refractivity contribution >= 4 is 29.8 Å². The molecular weight excluding hydrogens is 456 g/mol. The minimum atomic E-state index is -0.831. The molecule has 4 N–H and O–H groups in total. The smallest absolute Gasteiger partial charge is 0.413 e. The van der Waals surface area contributed by atoms with Crippen molar-refractivity contribution in [1.29, 1.82) is 0 Å². The van der Waals surface area contributed by atoms with Crippen LogP contribution in [0.25, 0.3) is 0 Å². The number of benzene rings is 2. The largest absolute Gasteiger partial charge is 0.457 e. The van der Waals surface area contributed by atoms with Gasteiger partial charge in [0, 0.05) is 12.0 Å². The van der Waals surface area contributed by atoms with Crippen LogP contribution in [0.3, 0.4) is 0 Å². The third kappa shape index (κ3) is 6.93. The lowest BCUT2D eigenvalue weighted by molar-refractivity contribution is -0.151. The number of methoxy groups -OCH3 is 2. The number of carbonyl (C=O) groups is 3. The van der Waals surface area contributed by atoms with Crippen molar-refractivity contribution < 1.29 is 33.4 Å². The zero-order chi connectivity index (χ0) is 25.2. The Morgan fingerprint density at radius 2 is 1.60 bits per heavy atom. The second kappa shape index (κ2) is 12.4. The topological polar surface area (TPSA) is 151 Å². The molecule has 1 saturated carbocycles. The Bertz CT molecular complexity index is 1050. The molecule has 1 aliphatic rings. The van der Waals surface area contributed by atoms with E-state index in [1.165, 1.54) is 14.2 Å². The molecule has 0 aromatic heterocycles. The van der Waals surface area contributed by atoms with E-state index < -0.39 is 24.1 Å². The predicted octanol–water partition coefficient (Wildman–Crippen LogP) is 3.87. The number of nitrogens with one attached hydrogen (secondary N) is 2. The number of hydrogen-bond acceptors (Lipinski definition) is 9. The first-order valence-corrected chi connectivity index (χ1v) is 11.0. The number of carbonyl (C=O) groups excluding carboxylic acids is 3. The van der Waals surface area contributed by atoms with Crippen LogP contribution in [0, 0.1) is 5.92 Å². The molecule has 2 amide bonds. The van der Waals surface area contributed by atoms with E-state index in [1.54, 1.807) is 30.3 Å². The maximum Gasteiger partial charge on any atom is 0.413 e. The van der Waals surface area contributed by atoms with Crippen molar-refractivity contribution in [2.45, 2.75) is 31.6 Å². The number of para-hydroxylation sites is 1. The SMILES string of the molecule is COC(=O)NC(=Nc1ccc(C2CCCCC2C(=O)ON)c(Oc2ccccc2)c1)NC(=O)OC. The molecule has 11 nitrogen and oxygen atoms in total. The van der Waals surface area contributed by atoms with Gasteiger partial charge in [-0.1, -0.05) is 37.1 Å². The maximum atomic E-state index is 12.4. The van der Waals surface area contributed by atoms with Crippen molar-refractivity contribution in [1.82, 2.24) is 10.6 Å². The Morgan fingerprint density at radius 1 is 0.943 bits per heavy atom. The second-order valence-electron chi connectivity index (χ2n) is 7.77. The average Bonchev–Trinajstić information content (AvgIpc) is 2.88. The Kier molecular flexibility index (Phi) is 9.02. The number of nitrogens with two attached hydrogens (primary N) is 1. The molecular formula is C24H28N4O7. The molecule has 2 atom stereocenters. The number of hydrogen-bond donors (Lipinski definition) is 3. The molecule has 2 unspecified atom stereocenters. The number of alkyl carbamates (subject to hydrolysis) is 2. The van der Waals surface area contributed by atoms with E-state index in [4.69, 9.17) is 10.6 Å². The summed E-state index contributed by atoms with van der Waals surface area (Å²) in [6, 6.07) is 14.3. The van der Waals surface area contributed by atoms with Gasteiger partial charge in [0.15, 0.2) is 0 Å². The number of amides is 2. The minimum absolute atomic E-state index is 0.169. The van der Waals surface area contributed by atoms with E-state index in [1.807, 2.05) is 18.2 Å². The van der Waals surface area contributed by atoms with Crippen LogP contribution >= 0.6 is 0 Å². The fourth-order valence-corrected chi connectivity index (χ4v) is 3.99. The van der Waals surface area contributed by atoms with E-state index in [9.17, 15) is 14.4 Å². The van der Waals surface area contributed by atoms with Crippen LogP contribution in [-0.2, 0) is 19.1 Å². The van der Waals surface area contributed by atoms with Crippen LogP contribution in [0.2, 0.25) is 0 Å². The first kappa shape index (κ1) is 25.5. The summed E-state index contributed by atoms with van der Waals surface area (Å²) in [6.45, 7) is 0. The molecule has 0 spiro atoms. The molecule has 11 heteroatoms. The summed E-state index contributed by atoms with van der Waals surface area (Å²) < 4.78 is 15.3. The highest BCUT2D eigenvalue weighted by Crippen LogP contribution is 2.44. The number of guanidine groups is 1. The standard InChI is InChI=1S/C24H28N4O7/c1-32-23(30)27-22(28-24(31)33-2)26-15-12-13-18(17-10-6-7-11-19(17)21(29)35-25)20(14-15)34-16-8-4-3-5-9-16/h3-5,8-9,12-14,17,19H,6-7,10-11,25H2,1-2H3,(H2,26,27,28,30,31). The van der Waals surface area contributed by atoms with Crippen LogP contribution in [0.15, 0.2) is 53.5 Å². The lowest BCUT2D eigenvalue weighted by Crippen LogP contribution is -2.43. The van der Waals surface area contributed by atoms with Crippen LogP contribution in [0.5, 0.6) is 11.5 Å². The third-order valence-electron chi connectivity index (χ3n) is 5.61. The van der Waals surface area contributed by atoms with Crippen molar-refractivity contribution in [3.05, 3.63) is 54.1 Å². The van der Waals surface area contributed by atoms with Crippen molar-refractivity contribution in [3.63, 3.8) is 0 Å². The molecule has 186 valence electrons. The molecule has 1 aliphatic carbocycles. The number of nitrogens with zero attached hydrogens (tertiary/aromatic N) is 1. The Labute approximate surface area is 202 Å². The van der Waals surface area contributed by atoms with Gasteiger partial charge >= 0.3 is 18.2 Å². The summed E-state index contributed by atoms with van der Waals surface area (Å²) >= 11 is 0. The molecule has 0 aliphatic heterocycles. The van der Waals surface area contributed by atoms with E-state index in [2.05, 4.69) is 29.9 Å². The first-order valence-electron chi connectivity index (χ1n) is 11.0. The molecule has 2 aromatic rings. The molecule has 2 aromatic carbocycles. The fourth-order valence-electron chi connectivity index (χ4n) is 3.99. The van der Waals surface area contributed by atoms with Gasteiger partial charge < -0.3 is 19.0 Å². The Balaban J connectivity index is 2.03. The minimum Gasteiger partial charge on any atom is -0.457 e. The van der Waals surface area contributed by atoms with Gasteiger partial charge in [0.05, 0.1) is 25.8 Å². The van der Waals surface area contributed by atoms with Crippen molar-refractivity contribution in [2.75, 3.05) is 14.2 Å². The average molecular weight is 485 g/mol. The van der Waals surface area contributed by atoms with E-state index in [0.717, 1.165) is 24.8 Å². The Hall–Kier alpha value is -4.12. The summed E-state index contributed by atoms with van der Waals surface area (Å²) in [6.07, 6.45) is 1.59. The number of rotatable bonds is 5. The highest BCUT2D eigenvalue weighted by Gasteiger charge is 2.35. The van der Waals surface area contributed by atoms with Gasteiger partial charge in [-0.05, 0) is 36.6 Å². The van der Waals surface area contributed by atoms with Gasteiger partial charge in [0.25, 0.3) is 0 Å². The summed E-state index contributed by atoms with van der Waals surface area (Å²) in [7, 11) is 2.36. The van der Waals surface area contributed by atoms with Crippen LogP contribution < -0.4 is 21.3 Å². The quantitative estimate of drug-likeness (QED) is 0.329. The lowest BCUT2D eigenvalue weighted by Gasteiger charge is -2.30. The normalized spacial score (nSPS) is 16.9. The third-order valence-corrected chi connectivity index (χ3v) is 5.61. The Morgan fingerprint density at radius 3 is 2.23 bits per heavy atom. The second-order valence-corrected chi connectivity index (χ2v) is 7.77. The van der Waals surface area contributed by atoms with Gasteiger partial charge in [-0.2, -0.15) is 5.90 Å². The zero-order valence-electron chi connectivity index (χ0n) is 19.5. The summed E-state index contributed by atoms with van der Waals surface area (Å²) in [5.41, 5.74) is 1.16. The van der Waals surface area contributed by atoms with Crippen molar-refractivity contribution in [3.8, 4) is 11.5 Å². The molecule has 0 saturated heterocycles. The van der Waals surface area contributed by atoms with Gasteiger partial charge in [-0.15, -0.1) is 0 Å². The van der Waals surface area contributed by atoms with E-state index >= 15 is 0 Å². The predicted molar refractivity (Wildman–Crippen MR) is 126 cm³/mol. The molecule has 0 bridgehead atoms. The monoisotopic (exact) mass is 484 g/mol. The van der Waals surface area contributed by atoms with Crippen LogP contribution in [-0.4, -0.2) is 38.3 Å². The first-order chi connectivity index (χ1) is 16.9. The highest BCUT2D eigenvalue weighted by atomic mass is 16.7. The summed E-state index contributed by atoms with van der Waals surface area (Å²) in [5, 5.41) is 4.64. The van der Waals surface area contributed by atoms with E-state index in [0.29, 0.717) is 23.6 Å². The maximum absolute atomic E-state index is 12.4. The van der Waals surface area contributed by atoms with E-state index in [-0.39, 0.29) is 11.9 Å². The molecule has 35 heavy (non-hydrogen) atoms. The van der Waals surface area contributed by atoms with Crippen LogP contribution in [0.1, 0.15) is 37.2 Å². The van der Waals surface area contributed by atoms with Crippen molar-refractivity contribution in [2.24, 2.45) is 16.8 Å². The van der Waals surface area contributed by atoms with Gasteiger partial charge in [0.1, 0.15) is 11.5 Å². The summed E-state index contributed by atoms with van der Waals surface area (Å²) in [5.74, 6) is 5.01. The highest BCUT2D eigenvalue weighted by molar-refractivity contribution is 6.02. The molecule has 3 rings (SSSR count). The van der Waals surface area contributed by atoms with Gasteiger partial charge in [0.2, 0.25) is 5.96 Å². The lowest BCUT2D eigenvalue weighted by atomic mass is 9.75. The molecule has 0 heterocycles. The number of ether oxygens (including phenoxy) is 3. The summed E-state index contributed by atoms with van der Waals surface area (Å²) in [4.78, 5) is 44.6. The fraction of sp³-hybridized carbons (Fsp3) is 0.333. The van der Waals surface area contributed by atoms with Gasteiger partial charge in [-0.3, -0.25) is 15.4 Å². The van der Waals surface area contributed by atoms with Gasteiger partial charge in [-0.25, -0.2) is 14.6 Å². The number of aliphatic imine (C=N–C) groups is 1. The zero-order valence-corrected chi connectivity index (χ0v) is 19.5.